The molecule has 0 aliphatic heterocycles. The van der Waals surface area contributed by atoms with Crippen molar-refractivity contribution in [2.45, 2.75) is 32.3 Å². The SMILES string of the molecule is CC(C)c1nn(C)c(Cl)c1C(O)Cc1ccc(Cl)c(Cl)c1. The molecule has 1 aromatic carbocycles. The first kappa shape index (κ1) is 16.6. The van der Waals surface area contributed by atoms with E-state index in [9.17, 15) is 5.11 Å². The quantitative estimate of drug-likeness (QED) is 0.864. The predicted molar refractivity (Wildman–Crippen MR) is 87.4 cm³/mol. The normalized spacial score (nSPS) is 13.0. The average molecular weight is 348 g/mol. The molecule has 0 saturated heterocycles. The fourth-order valence-corrected chi connectivity index (χ4v) is 2.85. The van der Waals surface area contributed by atoms with Crippen molar-refractivity contribution in [3.8, 4) is 0 Å². The minimum atomic E-state index is -0.735. The van der Waals surface area contributed by atoms with E-state index in [1.54, 1.807) is 23.9 Å². The molecule has 21 heavy (non-hydrogen) atoms. The molecule has 1 N–H and O–H groups in total. The number of rotatable bonds is 4. The van der Waals surface area contributed by atoms with Gasteiger partial charge in [-0.2, -0.15) is 5.10 Å². The second kappa shape index (κ2) is 6.57. The number of nitrogens with zero attached hydrogens (tertiary/aromatic N) is 2. The van der Waals surface area contributed by atoms with Gasteiger partial charge in [0.05, 0.1) is 21.8 Å². The van der Waals surface area contributed by atoms with Gasteiger partial charge in [0, 0.05) is 19.0 Å². The number of aliphatic hydroxyl groups excluding tert-OH is 1. The summed E-state index contributed by atoms with van der Waals surface area (Å²) >= 11 is 18.2. The van der Waals surface area contributed by atoms with Crippen LogP contribution in [0.5, 0.6) is 0 Å². The highest BCUT2D eigenvalue weighted by Gasteiger charge is 2.23. The highest BCUT2D eigenvalue weighted by molar-refractivity contribution is 6.42. The van der Waals surface area contributed by atoms with Crippen LogP contribution in [0.25, 0.3) is 0 Å². The Kier molecular flexibility index (Phi) is 5.20. The van der Waals surface area contributed by atoms with Crippen molar-refractivity contribution in [2.24, 2.45) is 7.05 Å². The number of hydrogen-bond acceptors (Lipinski definition) is 2. The Morgan fingerprint density at radius 1 is 1.19 bits per heavy atom. The number of halogens is 3. The van der Waals surface area contributed by atoms with E-state index in [0.717, 1.165) is 11.3 Å². The summed E-state index contributed by atoms with van der Waals surface area (Å²) in [5.74, 6) is 0.183. The molecular formula is C15H17Cl3N2O. The number of benzene rings is 1. The molecule has 0 radical (unpaired) electrons. The van der Waals surface area contributed by atoms with Crippen LogP contribution in [-0.4, -0.2) is 14.9 Å². The molecule has 3 nitrogen and oxygen atoms in total. The zero-order valence-electron chi connectivity index (χ0n) is 12.1. The topological polar surface area (TPSA) is 38.0 Å². The monoisotopic (exact) mass is 346 g/mol. The Morgan fingerprint density at radius 2 is 1.86 bits per heavy atom. The molecule has 6 heteroatoms. The Morgan fingerprint density at radius 3 is 2.43 bits per heavy atom. The maximum atomic E-state index is 10.5. The van der Waals surface area contributed by atoms with Gasteiger partial charge in [0.25, 0.3) is 0 Å². The average Bonchev–Trinajstić information content (AvgIpc) is 2.70. The van der Waals surface area contributed by atoms with Gasteiger partial charge in [0.15, 0.2) is 0 Å². The van der Waals surface area contributed by atoms with E-state index in [-0.39, 0.29) is 5.92 Å². The summed E-state index contributed by atoms with van der Waals surface area (Å²) < 4.78 is 1.59. The summed E-state index contributed by atoms with van der Waals surface area (Å²) in [5.41, 5.74) is 2.39. The van der Waals surface area contributed by atoms with Gasteiger partial charge in [-0.25, -0.2) is 0 Å². The van der Waals surface area contributed by atoms with E-state index in [1.807, 2.05) is 19.9 Å². The third-order valence-electron chi connectivity index (χ3n) is 3.33. The van der Waals surface area contributed by atoms with Crippen molar-refractivity contribution in [3.63, 3.8) is 0 Å². The molecule has 114 valence electrons. The van der Waals surface area contributed by atoms with Gasteiger partial charge in [-0.05, 0) is 23.6 Å². The molecule has 0 spiro atoms. The predicted octanol–water partition coefficient (Wildman–Crippen LogP) is 4.78. The van der Waals surface area contributed by atoms with Crippen LogP contribution in [-0.2, 0) is 13.5 Å². The lowest BCUT2D eigenvalue weighted by Gasteiger charge is -2.14. The maximum absolute atomic E-state index is 10.5. The molecule has 0 amide bonds. The lowest BCUT2D eigenvalue weighted by molar-refractivity contribution is 0.177. The van der Waals surface area contributed by atoms with E-state index in [2.05, 4.69) is 5.10 Å². The minimum Gasteiger partial charge on any atom is -0.388 e. The first-order valence-electron chi connectivity index (χ1n) is 6.65. The fraction of sp³-hybridized carbons (Fsp3) is 0.400. The summed E-state index contributed by atoms with van der Waals surface area (Å²) in [6.07, 6.45) is -0.331. The van der Waals surface area contributed by atoms with Gasteiger partial charge in [-0.3, -0.25) is 4.68 Å². The largest absolute Gasteiger partial charge is 0.388 e. The van der Waals surface area contributed by atoms with E-state index >= 15 is 0 Å². The van der Waals surface area contributed by atoms with E-state index in [1.165, 1.54) is 0 Å². The molecule has 2 rings (SSSR count). The zero-order chi connectivity index (χ0) is 15.7. The van der Waals surface area contributed by atoms with Crippen LogP contribution < -0.4 is 0 Å². The molecule has 1 atom stereocenters. The third kappa shape index (κ3) is 3.54. The first-order valence-corrected chi connectivity index (χ1v) is 7.79. The van der Waals surface area contributed by atoms with Gasteiger partial charge < -0.3 is 5.11 Å². The molecule has 1 unspecified atom stereocenters. The lowest BCUT2D eigenvalue weighted by Crippen LogP contribution is -2.05. The van der Waals surface area contributed by atoms with Gasteiger partial charge in [0.2, 0.25) is 0 Å². The molecule has 0 bridgehead atoms. The highest BCUT2D eigenvalue weighted by atomic mass is 35.5. The second-order valence-corrected chi connectivity index (χ2v) is 6.51. The number of aliphatic hydroxyl groups is 1. The van der Waals surface area contributed by atoms with Gasteiger partial charge in [-0.15, -0.1) is 0 Å². The second-order valence-electron chi connectivity index (χ2n) is 5.34. The summed E-state index contributed by atoms with van der Waals surface area (Å²) in [7, 11) is 1.77. The molecule has 0 saturated carbocycles. The smallest absolute Gasteiger partial charge is 0.132 e. The van der Waals surface area contributed by atoms with Gasteiger partial charge >= 0.3 is 0 Å². The van der Waals surface area contributed by atoms with Gasteiger partial charge in [0.1, 0.15) is 5.15 Å². The van der Waals surface area contributed by atoms with Crippen molar-refractivity contribution < 1.29 is 5.11 Å². The number of aromatic nitrogens is 2. The zero-order valence-corrected chi connectivity index (χ0v) is 14.3. The molecule has 1 aromatic heterocycles. The third-order valence-corrected chi connectivity index (χ3v) is 4.52. The van der Waals surface area contributed by atoms with Gasteiger partial charge in [-0.1, -0.05) is 54.7 Å². The molecule has 0 aliphatic carbocycles. The van der Waals surface area contributed by atoms with E-state index in [0.29, 0.717) is 27.2 Å². The summed E-state index contributed by atoms with van der Waals surface area (Å²) in [5, 5.41) is 16.4. The summed E-state index contributed by atoms with van der Waals surface area (Å²) in [6, 6.07) is 5.32. The van der Waals surface area contributed by atoms with Crippen LogP contribution in [0.15, 0.2) is 18.2 Å². The highest BCUT2D eigenvalue weighted by Crippen LogP contribution is 2.33. The van der Waals surface area contributed by atoms with Crippen LogP contribution in [0.4, 0.5) is 0 Å². The van der Waals surface area contributed by atoms with Crippen LogP contribution in [0.1, 0.15) is 42.7 Å². The molecular weight excluding hydrogens is 331 g/mol. The molecule has 2 aromatic rings. The lowest BCUT2D eigenvalue weighted by atomic mass is 9.97. The summed E-state index contributed by atoms with van der Waals surface area (Å²) in [6.45, 7) is 4.04. The van der Waals surface area contributed by atoms with E-state index in [4.69, 9.17) is 34.8 Å². The standard InChI is InChI=1S/C15H17Cl3N2O/c1-8(2)14-13(15(18)20(3)19-14)12(21)7-9-4-5-10(16)11(17)6-9/h4-6,8,12,21H,7H2,1-3H3. The van der Waals surface area contributed by atoms with Crippen LogP contribution in [0.2, 0.25) is 15.2 Å². The molecule has 0 aliphatic rings. The maximum Gasteiger partial charge on any atom is 0.132 e. The fourth-order valence-electron chi connectivity index (χ4n) is 2.27. The Labute approximate surface area is 139 Å². The van der Waals surface area contributed by atoms with Crippen molar-refractivity contribution >= 4 is 34.8 Å². The molecule has 0 fully saturated rings. The van der Waals surface area contributed by atoms with Crippen molar-refractivity contribution in [2.75, 3.05) is 0 Å². The number of aryl methyl sites for hydroxylation is 1. The molecule has 1 heterocycles. The Balaban J connectivity index is 2.31. The number of hydrogen-bond donors (Lipinski definition) is 1. The van der Waals surface area contributed by atoms with Crippen LogP contribution >= 0.6 is 34.8 Å². The Bertz CT molecular complexity index is 653. The minimum absolute atomic E-state index is 0.183. The van der Waals surface area contributed by atoms with Crippen molar-refractivity contribution in [1.29, 1.82) is 0 Å². The van der Waals surface area contributed by atoms with E-state index < -0.39 is 6.10 Å². The summed E-state index contributed by atoms with van der Waals surface area (Å²) in [4.78, 5) is 0. The van der Waals surface area contributed by atoms with Crippen molar-refractivity contribution in [3.05, 3.63) is 50.2 Å². The first-order chi connectivity index (χ1) is 9.81. The van der Waals surface area contributed by atoms with Crippen LogP contribution in [0, 0.1) is 0 Å². The van der Waals surface area contributed by atoms with Crippen molar-refractivity contribution in [1.82, 2.24) is 9.78 Å². The van der Waals surface area contributed by atoms with Crippen LogP contribution in [0.3, 0.4) is 0 Å². The Hall–Kier alpha value is -0.740.